The van der Waals surface area contributed by atoms with Crippen LogP contribution in [0.2, 0.25) is 5.02 Å². The topological polar surface area (TPSA) is 0 Å². The molecule has 14 heavy (non-hydrogen) atoms. The van der Waals surface area contributed by atoms with E-state index in [9.17, 15) is 0 Å². The normalized spacial score (nSPS) is 11.9. The van der Waals surface area contributed by atoms with Crippen molar-refractivity contribution in [3.63, 3.8) is 0 Å². The Balaban J connectivity index is 0.000000791. The highest BCUT2D eigenvalue weighted by molar-refractivity contribution is 6.30. The molecule has 0 aromatic heterocycles. The van der Waals surface area contributed by atoms with Crippen LogP contribution in [0.5, 0.6) is 0 Å². The molecule has 1 aromatic rings. The van der Waals surface area contributed by atoms with Gasteiger partial charge in [0, 0.05) is 5.02 Å². The van der Waals surface area contributed by atoms with E-state index in [2.05, 4.69) is 32.9 Å². The Labute approximate surface area is 93.3 Å². The third-order valence-electron chi connectivity index (χ3n) is 2.40. The van der Waals surface area contributed by atoms with E-state index < -0.39 is 0 Å². The van der Waals surface area contributed by atoms with Gasteiger partial charge in [-0.1, -0.05) is 58.4 Å². The Hall–Kier alpha value is -0.490. The lowest BCUT2D eigenvalue weighted by Gasteiger charge is -2.15. The van der Waals surface area contributed by atoms with Crippen LogP contribution in [-0.4, -0.2) is 0 Å². The van der Waals surface area contributed by atoms with Gasteiger partial charge >= 0.3 is 0 Å². The molecule has 0 aliphatic heterocycles. The van der Waals surface area contributed by atoms with E-state index in [1.165, 1.54) is 5.56 Å². The standard InChI is InChI=1S/C11H15Cl.C2H6/c1-8(2)9(3)10-4-6-11(12)7-5-10;1-2/h4-9H,1-3H3;1-2H3. The zero-order chi connectivity index (χ0) is 11.1. The minimum Gasteiger partial charge on any atom is -0.0843 e. The van der Waals surface area contributed by atoms with Gasteiger partial charge < -0.3 is 0 Å². The molecule has 0 aliphatic carbocycles. The van der Waals surface area contributed by atoms with Crippen molar-refractivity contribution in [3.8, 4) is 0 Å². The molecule has 0 amide bonds. The number of rotatable bonds is 2. The average molecular weight is 213 g/mol. The van der Waals surface area contributed by atoms with Gasteiger partial charge in [-0.3, -0.25) is 0 Å². The summed E-state index contributed by atoms with van der Waals surface area (Å²) in [4.78, 5) is 0. The molecule has 0 radical (unpaired) electrons. The first-order valence-electron chi connectivity index (χ1n) is 5.36. The van der Waals surface area contributed by atoms with Gasteiger partial charge in [0.15, 0.2) is 0 Å². The summed E-state index contributed by atoms with van der Waals surface area (Å²) in [5.41, 5.74) is 1.37. The van der Waals surface area contributed by atoms with Crippen LogP contribution >= 0.6 is 11.6 Å². The average Bonchev–Trinajstić information content (AvgIpc) is 2.21. The summed E-state index contributed by atoms with van der Waals surface area (Å²) in [7, 11) is 0. The van der Waals surface area contributed by atoms with Crippen LogP contribution < -0.4 is 0 Å². The van der Waals surface area contributed by atoms with Crippen LogP contribution in [0.15, 0.2) is 24.3 Å². The number of benzene rings is 1. The number of halogens is 1. The molecule has 0 N–H and O–H groups in total. The van der Waals surface area contributed by atoms with Gasteiger partial charge in [-0.25, -0.2) is 0 Å². The molecule has 0 fully saturated rings. The van der Waals surface area contributed by atoms with E-state index in [1.807, 2.05) is 26.0 Å². The van der Waals surface area contributed by atoms with Gasteiger partial charge in [-0.05, 0) is 29.5 Å². The van der Waals surface area contributed by atoms with Crippen molar-refractivity contribution in [2.45, 2.75) is 40.5 Å². The van der Waals surface area contributed by atoms with Crippen molar-refractivity contribution >= 4 is 11.6 Å². The third kappa shape index (κ3) is 4.15. The SMILES string of the molecule is CC.CC(C)C(C)c1ccc(Cl)cc1. The molecular weight excluding hydrogens is 192 g/mol. The van der Waals surface area contributed by atoms with Crippen molar-refractivity contribution in [2.75, 3.05) is 0 Å². The highest BCUT2D eigenvalue weighted by atomic mass is 35.5. The summed E-state index contributed by atoms with van der Waals surface area (Å²) in [5, 5.41) is 0.815. The summed E-state index contributed by atoms with van der Waals surface area (Å²) >= 11 is 5.80. The summed E-state index contributed by atoms with van der Waals surface area (Å²) in [5.74, 6) is 1.30. The molecule has 0 spiro atoms. The third-order valence-corrected chi connectivity index (χ3v) is 2.65. The maximum absolute atomic E-state index is 5.80. The predicted octanol–water partition coefficient (Wildman–Crippen LogP) is 5.13. The molecule has 80 valence electrons. The predicted molar refractivity (Wildman–Crippen MR) is 66.1 cm³/mol. The Kier molecular flexibility index (Phi) is 6.65. The van der Waals surface area contributed by atoms with E-state index in [-0.39, 0.29) is 0 Å². The Morgan fingerprint density at radius 3 is 1.71 bits per heavy atom. The van der Waals surface area contributed by atoms with Crippen LogP contribution in [0.4, 0.5) is 0 Å². The van der Waals surface area contributed by atoms with Crippen molar-refractivity contribution < 1.29 is 0 Å². The molecule has 0 saturated carbocycles. The molecule has 0 aliphatic rings. The molecule has 0 saturated heterocycles. The van der Waals surface area contributed by atoms with Crippen molar-refractivity contribution in [2.24, 2.45) is 5.92 Å². The van der Waals surface area contributed by atoms with Crippen LogP contribution in [0.25, 0.3) is 0 Å². The van der Waals surface area contributed by atoms with Crippen LogP contribution in [-0.2, 0) is 0 Å². The number of hydrogen-bond acceptors (Lipinski definition) is 0. The minimum atomic E-state index is 0.613. The largest absolute Gasteiger partial charge is 0.0843 e. The van der Waals surface area contributed by atoms with Gasteiger partial charge in [-0.2, -0.15) is 0 Å². The number of hydrogen-bond donors (Lipinski definition) is 0. The van der Waals surface area contributed by atoms with E-state index in [1.54, 1.807) is 0 Å². The Morgan fingerprint density at radius 1 is 0.929 bits per heavy atom. The maximum Gasteiger partial charge on any atom is 0.0406 e. The molecule has 0 bridgehead atoms. The summed E-state index contributed by atoms with van der Waals surface area (Å²) in [6.45, 7) is 10.7. The van der Waals surface area contributed by atoms with Gasteiger partial charge in [-0.15, -0.1) is 0 Å². The van der Waals surface area contributed by atoms with Gasteiger partial charge in [0.05, 0.1) is 0 Å². The van der Waals surface area contributed by atoms with E-state index in [0.29, 0.717) is 11.8 Å². The summed E-state index contributed by atoms with van der Waals surface area (Å²) in [6.07, 6.45) is 0. The van der Waals surface area contributed by atoms with Gasteiger partial charge in [0.2, 0.25) is 0 Å². The van der Waals surface area contributed by atoms with Gasteiger partial charge in [0.1, 0.15) is 0 Å². The molecule has 1 aromatic carbocycles. The smallest absolute Gasteiger partial charge is 0.0406 e. The lowest BCUT2D eigenvalue weighted by Crippen LogP contribution is -2.01. The second-order valence-corrected chi connectivity index (χ2v) is 4.02. The fraction of sp³-hybridized carbons (Fsp3) is 0.538. The molecule has 0 heterocycles. The van der Waals surface area contributed by atoms with Crippen LogP contribution in [0, 0.1) is 5.92 Å². The fourth-order valence-electron chi connectivity index (χ4n) is 1.15. The minimum absolute atomic E-state index is 0.613. The molecule has 1 unspecified atom stereocenters. The first-order valence-corrected chi connectivity index (χ1v) is 5.74. The summed E-state index contributed by atoms with van der Waals surface area (Å²) in [6, 6.07) is 8.12. The highest BCUT2D eigenvalue weighted by Crippen LogP contribution is 2.24. The highest BCUT2D eigenvalue weighted by Gasteiger charge is 2.08. The quantitative estimate of drug-likeness (QED) is 0.638. The Morgan fingerprint density at radius 2 is 1.36 bits per heavy atom. The zero-order valence-electron chi connectivity index (χ0n) is 9.84. The van der Waals surface area contributed by atoms with E-state index in [0.717, 1.165) is 5.02 Å². The second kappa shape index (κ2) is 6.89. The molecule has 0 nitrogen and oxygen atoms in total. The second-order valence-electron chi connectivity index (χ2n) is 3.58. The first-order chi connectivity index (χ1) is 6.61. The van der Waals surface area contributed by atoms with E-state index in [4.69, 9.17) is 11.6 Å². The fourth-order valence-corrected chi connectivity index (χ4v) is 1.28. The lowest BCUT2D eigenvalue weighted by molar-refractivity contribution is 0.535. The molecular formula is C13H21Cl. The molecule has 1 heteroatoms. The van der Waals surface area contributed by atoms with Crippen molar-refractivity contribution in [1.29, 1.82) is 0 Å². The Bertz CT molecular complexity index is 236. The van der Waals surface area contributed by atoms with Crippen molar-refractivity contribution in [3.05, 3.63) is 34.9 Å². The maximum atomic E-state index is 5.80. The van der Waals surface area contributed by atoms with Gasteiger partial charge in [0.25, 0.3) is 0 Å². The molecule has 1 atom stereocenters. The van der Waals surface area contributed by atoms with Crippen molar-refractivity contribution in [1.82, 2.24) is 0 Å². The van der Waals surface area contributed by atoms with E-state index >= 15 is 0 Å². The summed E-state index contributed by atoms with van der Waals surface area (Å²) < 4.78 is 0. The van der Waals surface area contributed by atoms with Crippen LogP contribution in [0.3, 0.4) is 0 Å². The lowest BCUT2D eigenvalue weighted by atomic mass is 9.90. The first kappa shape index (κ1) is 13.5. The monoisotopic (exact) mass is 212 g/mol. The van der Waals surface area contributed by atoms with Crippen LogP contribution in [0.1, 0.15) is 46.1 Å². The molecule has 1 rings (SSSR count). The zero-order valence-corrected chi connectivity index (χ0v) is 10.6.